The monoisotopic (exact) mass is 214 g/mol. The molecule has 0 saturated heterocycles. The summed E-state index contributed by atoms with van der Waals surface area (Å²) >= 11 is 0. The molecule has 0 saturated carbocycles. The molecule has 0 aliphatic carbocycles. The van der Waals surface area contributed by atoms with Crippen molar-refractivity contribution in [2.75, 3.05) is 5.32 Å². The van der Waals surface area contributed by atoms with E-state index in [9.17, 15) is 4.79 Å². The van der Waals surface area contributed by atoms with Crippen molar-refractivity contribution in [3.05, 3.63) is 48.5 Å². The van der Waals surface area contributed by atoms with Crippen molar-refractivity contribution in [1.82, 2.24) is 9.97 Å². The number of hydrogen-bond acceptors (Lipinski definition) is 4. The van der Waals surface area contributed by atoms with E-state index in [0.717, 1.165) is 0 Å². The van der Waals surface area contributed by atoms with E-state index in [1.807, 2.05) is 6.07 Å². The summed E-state index contributed by atoms with van der Waals surface area (Å²) in [5.41, 5.74) is 7.04. The SMILES string of the molecule is NC(=O)c1ccccc1Nc1cncnc1. The van der Waals surface area contributed by atoms with Crippen molar-refractivity contribution >= 4 is 17.3 Å². The van der Waals surface area contributed by atoms with Gasteiger partial charge in [0.05, 0.1) is 29.3 Å². The number of carbonyl (C=O) groups excluding carboxylic acids is 1. The summed E-state index contributed by atoms with van der Waals surface area (Å²) in [6.07, 6.45) is 4.67. The number of amides is 1. The fourth-order valence-electron chi connectivity index (χ4n) is 1.33. The molecule has 2 aromatic rings. The first kappa shape index (κ1) is 10.1. The third-order valence-corrected chi connectivity index (χ3v) is 2.03. The molecule has 0 aliphatic heterocycles. The molecule has 1 amide bonds. The number of hydrogen-bond donors (Lipinski definition) is 2. The molecular weight excluding hydrogens is 204 g/mol. The number of rotatable bonds is 3. The van der Waals surface area contributed by atoms with Gasteiger partial charge in [0, 0.05) is 0 Å². The molecule has 0 fully saturated rings. The molecule has 1 heterocycles. The Labute approximate surface area is 92.3 Å². The fourth-order valence-corrected chi connectivity index (χ4v) is 1.33. The number of aromatic nitrogens is 2. The number of anilines is 2. The van der Waals surface area contributed by atoms with Gasteiger partial charge in [-0.25, -0.2) is 9.97 Å². The molecule has 0 spiro atoms. The van der Waals surface area contributed by atoms with Crippen molar-refractivity contribution in [1.29, 1.82) is 0 Å². The number of carbonyl (C=O) groups is 1. The molecule has 0 bridgehead atoms. The number of nitrogens with zero attached hydrogens (tertiary/aromatic N) is 2. The van der Waals surface area contributed by atoms with E-state index in [0.29, 0.717) is 16.9 Å². The second-order valence-corrected chi connectivity index (χ2v) is 3.16. The van der Waals surface area contributed by atoms with Crippen LogP contribution < -0.4 is 11.1 Å². The van der Waals surface area contributed by atoms with E-state index in [4.69, 9.17) is 5.73 Å². The highest BCUT2D eigenvalue weighted by molar-refractivity contribution is 5.99. The van der Waals surface area contributed by atoms with E-state index in [2.05, 4.69) is 15.3 Å². The predicted octanol–water partition coefficient (Wildman–Crippen LogP) is 1.32. The normalized spacial score (nSPS) is 9.75. The number of primary amides is 1. The van der Waals surface area contributed by atoms with Gasteiger partial charge < -0.3 is 11.1 Å². The zero-order valence-corrected chi connectivity index (χ0v) is 8.42. The number of nitrogens with one attached hydrogen (secondary N) is 1. The van der Waals surface area contributed by atoms with Crippen molar-refractivity contribution in [3.8, 4) is 0 Å². The van der Waals surface area contributed by atoms with Crippen molar-refractivity contribution in [2.24, 2.45) is 5.73 Å². The van der Waals surface area contributed by atoms with Crippen LogP contribution in [0.4, 0.5) is 11.4 Å². The molecule has 1 aromatic heterocycles. The predicted molar refractivity (Wildman–Crippen MR) is 60.3 cm³/mol. The summed E-state index contributed by atoms with van der Waals surface area (Å²) in [4.78, 5) is 18.9. The van der Waals surface area contributed by atoms with E-state index >= 15 is 0 Å². The Morgan fingerprint density at radius 1 is 1.19 bits per heavy atom. The topological polar surface area (TPSA) is 80.9 Å². The number of para-hydroxylation sites is 1. The Hall–Kier alpha value is -2.43. The highest BCUT2D eigenvalue weighted by Gasteiger charge is 2.06. The maximum absolute atomic E-state index is 11.2. The maximum Gasteiger partial charge on any atom is 0.250 e. The lowest BCUT2D eigenvalue weighted by atomic mass is 10.1. The Morgan fingerprint density at radius 2 is 1.88 bits per heavy atom. The summed E-state index contributed by atoms with van der Waals surface area (Å²) in [5.74, 6) is -0.472. The number of nitrogens with two attached hydrogens (primary N) is 1. The molecule has 5 heteroatoms. The molecule has 0 unspecified atom stereocenters. The maximum atomic E-state index is 11.2. The zero-order valence-electron chi connectivity index (χ0n) is 8.42. The van der Waals surface area contributed by atoms with Gasteiger partial charge in [-0.3, -0.25) is 4.79 Å². The van der Waals surface area contributed by atoms with Crippen LogP contribution in [0, 0.1) is 0 Å². The van der Waals surface area contributed by atoms with Gasteiger partial charge in [0.1, 0.15) is 6.33 Å². The van der Waals surface area contributed by atoms with Crippen LogP contribution in [0.5, 0.6) is 0 Å². The number of benzene rings is 1. The molecule has 0 radical (unpaired) electrons. The molecule has 5 nitrogen and oxygen atoms in total. The third-order valence-electron chi connectivity index (χ3n) is 2.03. The van der Waals surface area contributed by atoms with Crippen molar-refractivity contribution in [2.45, 2.75) is 0 Å². The summed E-state index contributed by atoms with van der Waals surface area (Å²) in [6.45, 7) is 0. The quantitative estimate of drug-likeness (QED) is 0.807. The first-order valence-electron chi connectivity index (χ1n) is 4.68. The standard InChI is InChI=1S/C11H10N4O/c12-11(16)9-3-1-2-4-10(9)15-8-5-13-7-14-6-8/h1-7,15H,(H2,12,16). The lowest BCUT2D eigenvalue weighted by molar-refractivity contribution is 0.100. The van der Waals surface area contributed by atoms with Gasteiger partial charge in [0.2, 0.25) is 0 Å². The largest absolute Gasteiger partial charge is 0.366 e. The molecule has 3 N–H and O–H groups in total. The first-order valence-corrected chi connectivity index (χ1v) is 4.68. The van der Waals surface area contributed by atoms with Gasteiger partial charge in [-0.05, 0) is 12.1 Å². The molecule has 0 atom stereocenters. The highest BCUT2D eigenvalue weighted by atomic mass is 16.1. The van der Waals surface area contributed by atoms with Crippen LogP contribution in [0.2, 0.25) is 0 Å². The average Bonchev–Trinajstić information content (AvgIpc) is 2.31. The van der Waals surface area contributed by atoms with Gasteiger partial charge in [-0.1, -0.05) is 12.1 Å². The van der Waals surface area contributed by atoms with E-state index < -0.39 is 5.91 Å². The summed E-state index contributed by atoms with van der Waals surface area (Å²) in [5, 5.41) is 3.03. The van der Waals surface area contributed by atoms with Crippen LogP contribution in [-0.2, 0) is 0 Å². The molecule has 80 valence electrons. The van der Waals surface area contributed by atoms with Crippen LogP contribution in [0.1, 0.15) is 10.4 Å². The lowest BCUT2D eigenvalue weighted by Crippen LogP contribution is -2.13. The van der Waals surface area contributed by atoms with E-state index in [1.165, 1.54) is 6.33 Å². The second kappa shape index (κ2) is 4.39. The Morgan fingerprint density at radius 3 is 2.56 bits per heavy atom. The first-order chi connectivity index (χ1) is 7.77. The van der Waals surface area contributed by atoms with Crippen LogP contribution in [0.25, 0.3) is 0 Å². The van der Waals surface area contributed by atoms with Crippen LogP contribution in [-0.4, -0.2) is 15.9 Å². The minimum absolute atomic E-state index is 0.436. The van der Waals surface area contributed by atoms with Crippen LogP contribution in [0.15, 0.2) is 43.0 Å². The molecule has 1 aromatic carbocycles. The summed E-state index contributed by atoms with van der Waals surface area (Å²) < 4.78 is 0. The second-order valence-electron chi connectivity index (χ2n) is 3.16. The van der Waals surface area contributed by atoms with Gasteiger partial charge in [-0.2, -0.15) is 0 Å². The minimum atomic E-state index is -0.472. The average molecular weight is 214 g/mol. The smallest absolute Gasteiger partial charge is 0.250 e. The van der Waals surface area contributed by atoms with Crippen LogP contribution in [0.3, 0.4) is 0 Å². The Balaban J connectivity index is 2.31. The third kappa shape index (κ3) is 2.14. The Bertz CT molecular complexity index is 498. The lowest BCUT2D eigenvalue weighted by Gasteiger charge is -2.08. The van der Waals surface area contributed by atoms with E-state index in [1.54, 1.807) is 30.6 Å². The molecular formula is C11H10N4O. The van der Waals surface area contributed by atoms with Crippen LogP contribution >= 0.6 is 0 Å². The molecule has 16 heavy (non-hydrogen) atoms. The highest BCUT2D eigenvalue weighted by Crippen LogP contribution is 2.18. The summed E-state index contributed by atoms with van der Waals surface area (Å²) in [7, 11) is 0. The van der Waals surface area contributed by atoms with Crippen molar-refractivity contribution < 1.29 is 4.79 Å². The minimum Gasteiger partial charge on any atom is -0.366 e. The van der Waals surface area contributed by atoms with Crippen molar-refractivity contribution in [3.63, 3.8) is 0 Å². The van der Waals surface area contributed by atoms with Gasteiger partial charge >= 0.3 is 0 Å². The molecule has 2 rings (SSSR count). The van der Waals surface area contributed by atoms with Gasteiger partial charge in [0.25, 0.3) is 5.91 Å². The summed E-state index contributed by atoms with van der Waals surface area (Å²) in [6, 6.07) is 7.01. The van der Waals surface area contributed by atoms with Gasteiger partial charge in [0.15, 0.2) is 0 Å². The molecule has 0 aliphatic rings. The van der Waals surface area contributed by atoms with Gasteiger partial charge in [-0.15, -0.1) is 0 Å². The zero-order chi connectivity index (χ0) is 11.4. The fraction of sp³-hybridized carbons (Fsp3) is 0. The van der Waals surface area contributed by atoms with E-state index in [-0.39, 0.29) is 0 Å². The Kier molecular flexibility index (Phi) is 2.77.